The summed E-state index contributed by atoms with van der Waals surface area (Å²) in [7, 11) is 0. The maximum Gasteiger partial charge on any atom is 0.261 e. The second kappa shape index (κ2) is 5.49. The molecule has 0 aromatic carbocycles. The number of aliphatic hydroxyl groups excluding tert-OH is 1. The molecule has 1 amide bonds. The van der Waals surface area contributed by atoms with E-state index in [1.54, 1.807) is 11.3 Å². The van der Waals surface area contributed by atoms with Crippen molar-refractivity contribution >= 4 is 17.2 Å². The van der Waals surface area contributed by atoms with Crippen molar-refractivity contribution in [1.82, 2.24) is 5.32 Å². The van der Waals surface area contributed by atoms with Crippen LogP contribution in [0.15, 0.2) is 6.07 Å². The number of carbonyl (C=O) groups excluding carboxylic acids is 1. The zero-order chi connectivity index (χ0) is 14.2. The molecule has 0 spiro atoms. The molecule has 2 aliphatic carbocycles. The lowest BCUT2D eigenvalue weighted by Gasteiger charge is -2.16. The quantitative estimate of drug-likeness (QED) is 0.877. The summed E-state index contributed by atoms with van der Waals surface area (Å²) >= 11 is 1.67. The van der Waals surface area contributed by atoms with Crippen molar-refractivity contribution in [1.29, 1.82) is 0 Å². The third-order valence-electron chi connectivity index (χ3n) is 4.78. The number of thiophene rings is 1. The Bertz CT molecular complexity index is 505. The van der Waals surface area contributed by atoms with E-state index < -0.39 is 0 Å². The topological polar surface area (TPSA) is 49.3 Å². The Morgan fingerprint density at radius 2 is 2.35 bits per heavy atom. The van der Waals surface area contributed by atoms with Gasteiger partial charge in [0, 0.05) is 18.0 Å². The summed E-state index contributed by atoms with van der Waals surface area (Å²) in [5.74, 6) is 0.813. The second-order valence-corrected chi connectivity index (χ2v) is 7.70. The minimum atomic E-state index is 0.0706. The molecule has 3 nitrogen and oxygen atoms in total. The Labute approximate surface area is 124 Å². The molecule has 3 rings (SSSR count). The molecule has 1 unspecified atom stereocenters. The summed E-state index contributed by atoms with van der Waals surface area (Å²) in [6.07, 6.45) is 6.56. The fourth-order valence-corrected chi connectivity index (χ4v) is 4.23. The first-order valence-corrected chi connectivity index (χ1v) is 8.44. The molecule has 2 N–H and O–H groups in total. The van der Waals surface area contributed by atoms with Crippen molar-refractivity contribution in [3.05, 3.63) is 21.4 Å². The third kappa shape index (κ3) is 2.91. The van der Waals surface area contributed by atoms with Gasteiger partial charge in [-0.25, -0.2) is 0 Å². The molecule has 1 saturated carbocycles. The third-order valence-corrected chi connectivity index (χ3v) is 6.01. The highest BCUT2D eigenvalue weighted by Gasteiger charge is 2.42. The number of aliphatic hydroxyl groups is 1. The monoisotopic (exact) mass is 293 g/mol. The van der Waals surface area contributed by atoms with Crippen LogP contribution in [0, 0.1) is 11.3 Å². The predicted octanol–water partition coefficient (Wildman–Crippen LogP) is 2.77. The fraction of sp³-hybridized carbons (Fsp3) is 0.688. The molecule has 1 fully saturated rings. The Kier molecular flexibility index (Phi) is 3.87. The van der Waals surface area contributed by atoms with Crippen molar-refractivity contribution < 1.29 is 9.90 Å². The maximum absolute atomic E-state index is 12.3. The zero-order valence-corrected chi connectivity index (χ0v) is 12.9. The molecule has 20 heavy (non-hydrogen) atoms. The molecule has 0 aliphatic heterocycles. The van der Waals surface area contributed by atoms with E-state index in [0.29, 0.717) is 6.54 Å². The number of amides is 1. The average Bonchev–Trinajstić information content (AvgIpc) is 3.06. The predicted molar refractivity (Wildman–Crippen MR) is 81.2 cm³/mol. The Morgan fingerprint density at radius 3 is 3.05 bits per heavy atom. The van der Waals surface area contributed by atoms with Gasteiger partial charge in [0.1, 0.15) is 0 Å². The van der Waals surface area contributed by atoms with E-state index in [0.717, 1.165) is 42.9 Å². The van der Waals surface area contributed by atoms with Crippen LogP contribution >= 0.6 is 11.3 Å². The van der Waals surface area contributed by atoms with Crippen molar-refractivity contribution in [3.63, 3.8) is 0 Å². The van der Waals surface area contributed by atoms with E-state index >= 15 is 0 Å². The lowest BCUT2D eigenvalue weighted by Crippen LogP contribution is -2.30. The highest BCUT2D eigenvalue weighted by atomic mass is 32.1. The average molecular weight is 293 g/mol. The van der Waals surface area contributed by atoms with Gasteiger partial charge in [-0.2, -0.15) is 0 Å². The van der Waals surface area contributed by atoms with Gasteiger partial charge in [0.25, 0.3) is 5.91 Å². The van der Waals surface area contributed by atoms with Crippen LogP contribution in [0.4, 0.5) is 0 Å². The van der Waals surface area contributed by atoms with Crippen LogP contribution in [-0.2, 0) is 12.8 Å². The van der Waals surface area contributed by atoms with Gasteiger partial charge in [-0.15, -0.1) is 11.3 Å². The van der Waals surface area contributed by atoms with E-state index in [2.05, 4.69) is 18.3 Å². The van der Waals surface area contributed by atoms with Gasteiger partial charge in [-0.3, -0.25) is 4.79 Å². The zero-order valence-electron chi connectivity index (χ0n) is 12.1. The van der Waals surface area contributed by atoms with E-state index in [1.165, 1.54) is 16.9 Å². The molecule has 0 saturated heterocycles. The minimum Gasteiger partial charge on any atom is -0.396 e. The summed E-state index contributed by atoms with van der Waals surface area (Å²) in [5, 5.41) is 12.1. The van der Waals surface area contributed by atoms with E-state index in [9.17, 15) is 4.79 Å². The maximum atomic E-state index is 12.3. The van der Waals surface area contributed by atoms with Crippen LogP contribution < -0.4 is 5.32 Å². The molecular weight excluding hydrogens is 270 g/mol. The lowest BCUT2D eigenvalue weighted by molar-refractivity contribution is 0.0945. The van der Waals surface area contributed by atoms with Gasteiger partial charge in [0.15, 0.2) is 0 Å². The van der Waals surface area contributed by atoms with Gasteiger partial charge in [-0.05, 0) is 61.5 Å². The number of hydrogen-bond donors (Lipinski definition) is 2. The first-order valence-electron chi connectivity index (χ1n) is 7.62. The number of hydrogen-bond acceptors (Lipinski definition) is 3. The van der Waals surface area contributed by atoms with Gasteiger partial charge in [-0.1, -0.05) is 6.92 Å². The second-order valence-electron chi connectivity index (χ2n) is 6.56. The van der Waals surface area contributed by atoms with Gasteiger partial charge in [0.2, 0.25) is 0 Å². The van der Waals surface area contributed by atoms with Crippen LogP contribution in [0.25, 0.3) is 0 Å². The highest BCUT2D eigenvalue weighted by Crippen LogP contribution is 2.48. The lowest BCUT2D eigenvalue weighted by atomic mass is 9.90. The number of carbonyl (C=O) groups is 1. The van der Waals surface area contributed by atoms with E-state index in [-0.39, 0.29) is 17.9 Å². The molecule has 0 bridgehead atoms. The summed E-state index contributed by atoms with van der Waals surface area (Å²) in [5.41, 5.74) is 1.57. The number of nitrogens with one attached hydrogen (secondary N) is 1. The molecule has 110 valence electrons. The Balaban J connectivity index is 1.60. The fourth-order valence-electron chi connectivity index (χ4n) is 3.10. The molecule has 1 atom stereocenters. The Hall–Kier alpha value is -0.870. The van der Waals surface area contributed by atoms with Crippen molar-refractivity contribution in [2.45, 2.75) is 45.4 Å². The normalized spacial score (nSPS) is 23.2. The van der Waals surface area contributed by atoms with Gasteiger partial charge < -0.3 is 10.4 Å². The molecular formula is C16H23NO2S. The highest BCUT2D eigenvalue weighted by molar-refractivity contribution is 7.14. The van der Waals surface area contributed by atoms with E-state index in [1.807, 2.05) is 0 Å². The number of rotatable bonds is 5. The van der Waals surface area contributed by atoms with Crippen LogP contribution in [0.5, 0.6) is 0 Å². The number of aryl methyl sites for hydroxylation is 1. The summed E-state index contributed by atoms with van der Waals surface area (Å²) in [6.45, 7) is 3.22. The van der Waals surface area contributed by atoms with Crippen LogP contribution in [0.3, 0.4) is 0 Å². The summed E-state index contributed by atoms with van der Waals surface area (Å²) in [6, 6.07) is 2.09. The molecule has 4 heteroatoms. The largest absolute Gasteiger partial charge is 0.396 e. The van der Waals surface area contributed by atoms with Gasteiger partial charge in [0.05, 0.1) is 4.88 Å². The van der Waals surface area contributed by atoms with Crippen molar-refractivity contribution in [2.75, 3.05) is 13.2 Å². The molecule has 0 radical (unpaired) electrons. The van der Waals surface area contributed by atoms with Crippen LogP contribution in [0.2, 0.25) is 0 Å². The standard InChI is InChI=1S/C16H23NO2S/c1-11-2-3-13-12(8-11)9-14(20-13)15(19)17-10-16(4-5-16)6-7-18/h9,11,18H,2-8,10H2,1H3,(H,17,19). The first-order chi connectivity index (χ1) is 9.62. The van der Waals surface area contributed by atoms with Crippen molar-refractivity contribution in [2.24, 2.45) is 11.3 Å². The van der Waals surface area contributed by atoms with Crippen LogP contribution in [-0.4, -0.2) is 24.2 Å². The first kappa shape index (κ1) is 14.1. The summed E-state index contributed by atoms with van der Waals surface area (Å²) < 4.78 is 0. The summed E-state index contributed by atoms with van der Waals surface area (Å²) in [4.78, 5) is 14.5. The SMILES string of the molecule is CC1CCc2sc(C(=O)NCC3(CCO)CC3)cc2C1. The van der Waals surface area contributed by atoms with Crippen LogP contribution in [0.1, 0.15) is 52.7 Å². The van der Waals surface area contributed by atoms with E-state index in [4.69, 9.17) is 5.11 Å². The Morgan fingerprint density at radius 1 is 1.55 bits per heavy atom. The van der Waals surface area contributed by atoms with Crippen molar-refractivity contribution in [3.8, 4) is 0 Å². The minimum absolute atomic E-state index is 0.0706. The number of fused-ring (bicyclic) bond motifs is 1. The molecule has 2 aliphatic rings. The molecule has 1 aromatic rings. The molecule has 1 heterocycles. The van der Waals surface area contributed by atoms with Gasteiger partial charge >= 0.3 is 0 Å². The smallest absolute Gasteiger partial charge is 0.261 e. The molecule has 1 aromatic heterocycles.